The van der Waals surface area contributed by atoms with Gasteiger partial charge in [-0.3, -0.25) is 19.2 Å². The number of benzene rings is 2. The van der Waals surface area contributed by atoms with E-state index in [2.05, 4.69) is 5.32 Å². The van der Waals surface area contributed by atoms with Crippen LogP contribution in [0.3, 0.4) is 0 Å². The summed E-state index contributed by atoms with van der Waals surface area (Å²) in [6.07, 6.45) is 0.862. The Morgan fingerprint density at radius 3 is 2.27 bits per heavy atom. The third kappa shape index (κ3) is 3.26. The summed E-state index contributed by atoms with van der Waals surface area (Å²) in [5.41, 5.74) is 1.29. The molecular formula is C20H17NO5. The number of carbonyl (C=O) groups excluding carboxylic acids is 4. The number of esters is 1. The normalized spacial score (nSPS) is 12.2. The molecule has 1 aliphatic rings. The van der Waals surface area contributed by atoms with Gasteiger partial charge in [0.05, 0.1) is 11.3 Å². The summed E-state index contributed by atoms with van der Waals surface area (Å²) in [5.74, 6) is -1.62. The van der Waals surface area contributed by atoms with Crippen LogP contribution in [0.25, 0.3) is 0 Å². The Balaban J connectivity index is 1.85. The first-order valence-electron chi connectivity index (χ1n) is 8.29. The zero-order valence-corrected chi connectivity index (χ0v) is 14.2. The Labute approximate surface area is 150 Å². The molecule has 6 nitrogen and oxygen atoms in total. The molecule has 0 heterocycles. The number of carbonyl (C=O) groups is 4. The molecule has 132 valence electrons. The summed E-state index contributed by atoms with van der Waals surface area (Å²) in [7, 11) is 0. The smallest absolute Gasteiger partial charge is 0.306 e. The number of hydrogen-bond donors (Lipinski definition) is 1. The Kier molecular flexibility index (Phi) is 4.93. The van der Waals surface area contributed by atoms with E-state index in [1.165, 1.54) is 0 Å². The Bertz CT molecular complexity index is 916. The first-order valence-corrected chi connectivity index (χ1v) is 8.29. The summed E-state index contributed by atoms with van der Waals surface area (Å²) in [6.45, 7) is 1.39. The fourth-order valence-corrected chi connectivity index (χ4v) is 2.86. The maximum absolute atomic E-state index is 12.8. The molecule has 0 atom stereocenters. The predicted molar refractivity (Wildman–Crippen MR) is 94.2 cm³/mol. The first kappa shape index (κ1) is 17.5. The van der Waals surface area contributed by atoms with Crippen LogP contribution in [0.5, 0.6) is 0 Å². The van der Waals surface area contributed by atoms with E-state index in [0.29, 0.717) is 17.5 Å². The van der Waals surface area contributed by atoms with Crippen LogP contribution < -0.4 is 5.32 Å². The summed E-state index contributed by atoms with van der Waals surface area (Å²) in [6, 6.07) is 11.3. The lowest BCUT2D eigenvalue weighted by molar-refractivity contribution is -0.147. The van der Waals surface area contributed by atoms with Gasteiger partial charge in [0.2, 0.25) is 0 Å². The molecular weight excluding hydrogens is 334 g/mol. The van der Waals surface area contributed by atoms with E-state index >= 15 is 0 Å². The van der Waals surface area contributed by atoms with Crippen molar-refractivity contribution in [3.8, 4) is 0 Å². The molecule has 0 spiro atoms. The lowest BCUT2D eigenvalue weighted by atomic mass is 9.83. The van der Waals surface area contributed by atoms with Crippen LogP contribution in [0.2, 0.25) is 0 Å². The molecule has 0 fully saturated rings. The van der Waals surface area contributed by atoms with Crippen molar-refractivity contribution >= 4 is 29.1 Å². The van der Waals surface area contributed by atoms with Crippen molar-refractivity contribution in [1.29, 1.82) is 0 Å². The maximum atomic E-state index is 12.8. The number of rotatable bonds is 5. The van der Waals surface area contributed by atoms with Crippen LogP contribution in [0.15, 0.2) is 42.5 Å². The second kappa shape index (κ2) is 7.31. The molecule has 0 saturated heterocycles. The van der Waals surface area contributed by atoms with Gasteiger partial charge < -0.3 is 10.1 Å². The highest BCUT2D eigenvalue weighted by Crippen LogP contribution is 2.31. The highest BCUT2D eigenvalue weighted by molar-refractivity contribution is 6.30. The molecule has 26 heavy (non-hydrogen) atoms. The average Bonchev–Trinajstić information content (AvgIpc) is 2.64. The fraction of sp³-hybridized carbons (Fsp3) is 0.200. The van der Waals surface area contributed by atoms with Crippen molar-refractivity contribution in [2.24, 2.45) is 0 Å². The van der Waals surface area contributed by atoms with Crippen molar-refractivity contribution in [2.45, 2.75) is 19.8 Å². The van der Waals surface area contributed by atoms with Gasteiger partial charge in [0.1, 0.15) is 0 Å². The predicted octanol–water partition coefficient (Wildman–Crippen LogP) is 2.74. The molecule has 0 aliphatic heterocycles. The topological polar surface area (TPSA) is 89.5 Å². The van der Waals surface area contributed by atoms with E-state index in [4.69, 9.17) is 4.74 Å². The van der Waals surface area contributed by atoms with Crippen LogP contribution >= 0.6 is 0 Å². The lowest BCUT2D eigenvalue weighted by Gasteiger charge is -2.20. The molecule has 1 aliphatic carbocycles. The van der Waals surface area contributed by atoms with Crippen LogP contribution in [0.4, 0.5) is 5.69 Å². The largest absolute Gasteiger partial charge is 0.456 e. The Morgan fingerprint density at radius 1 is 0.923 bits per heavy atom. The van der Waals surface area contributed by atoms with Gasteiger partial charge in [0.15, 0.2) is 18.2 Å². The number of anilines is 1. The summed E-state index contributed by atoms with van der Waals surface area (Å²) in [4.78, 5) is 48.9. The van der Waals surface area contributed by atoms with Gasteiger partial charge in [0.25, 0.3) is 5.91 Å². The van der Waals surface area contributed by atoms with E-state index < -0.39 is 18.5 Å². The summed E-state index contributed by atoms with van der Waals surface area (Å²) >= 11 is 0. The SMILES string of the molecule is CCCC(=O)OCC(=O)Nc1cccc2c1C(=O)c1ccccc1C2=O. The minimum Gasteiger partial charge on any atom is -0.456 e. The second-order valence-corrected chi connectivity index (χ2v) is 5.89. The number of amides is 1. The van der Waals surface area contributed by atoms with Crippen LogP contribution in [0.1, 0.15) is 51.6 Å². The van der Waals surface area contributed by atoms with Crippen molar-refractivity contribution in [2.75, 3.05) is 11.9 Å². The summed E-state index contributed by atoms with van der Waals surface area (Å²) < 4.78 is 4.86. The number of nitrogens with one attached hydrogen (secondary N) is 1. The molecule has 0 aromatic heterocycles. The molecule has 0 unspecified atom stereocenters. The van der Waals surface area contributed by atoms with Gasteiger partial charge in [-0.1, -0.05) is 43.3 Å². The highest BCUT2D eigenvalue weighted by Gasteiger charge is 2.31. The van der Waals surface area contributed by atoms with Gasteiger partial charge in [-0.2, -0.15) is 0 Å². The van der Waals surface area contributed by atoms with E-state index in [0.717, 1.165) is 0 Å². The van der Waals surface area contributed by atoms with Crippen LogP contribution in [-0.4, -0.2) is 30.0 Å². The van der Waals surface area contributed by atoms with E-state index in [1.807, 2.05) is 6.92 Å². The van der Waals surface area contributed by atoms with Gasteiger partial charge >= 0.3 is 5.97 Å². The molecule has 2 aromatic rings. The third-order valence-corrected chi connectivity index (χ3v) is 4.04. The van der Waals surface area contributed by atoms with Gasteiger partial charge in [-0.25, -0.2) is 0 Å². The molecule has 6 heteroatoms. The minimum atomic E-state index is -0.568. The van der Waals surface area contributed by atoms with Crippen LogP contribution in [-0.2, 0) is 14.3 Å². The molecule has 1 amide bonds. The lowest BCUT2D eigenvalue weighted by Crippen LogP contribution is -2.25. The third-order valence-electron chi connectivity index (χ3n) is 4.04. The zero-order valence-electron chi connectivity index (χ0n) is 14.2. The molecule has 0 radical (unpaired) electrons. The molecule has 1 N–H and O–H groups in total. The van der Waals surface area contributed by atoms with E-state index in [-0.39, 0.29) is 34.8 Å². The fourth-order valence-electron chi connectivity index (χ4n) is 2.86. The van der Waals surface area contributed by atoms with E-state index in [1.54, 1.807) is 42.5 Å². The molecule has 3 rings (SSSR count). The number of hydrogen-bond acceptors (Lipinski definition) is 5. The second-order valence-electron chi connectivity index (χ2n) is 5.89. The Hall–Kier alpha value is -3.28. The van der Waals surface area contributed by atoms with Gasteiger partial charge in [-0.05, 0) is 12.5 Å². The van der Waals surface area contributed by atoms with Crippen molar-refractivity contribution in [3.05, 3.63) is 64.7 Å². The first-order chi connectivity index (χ1) is 12.5. The monoisotopic (exact) mass is 351 g/mol. The van der Waals surface area contributed by atoms with Crippen molar-refractivity contribution < 1.29 is 23.9 Å². The molecule has 2 aromatic carbocycles. The Morgan fingerprint density at radius 2 is 1.58 bits per heavy atom. The van der Waals surface area contributed by atoms with Crippen molar-refractivity contribution in [1.82, 2.24) is 0 Å². The number of ketones is 2. The van der Waals surface area contributed by atoms with Gasteiger partial charge in [0, 0.05) is 23.1 Å². The van der Waals surface area contributed by atoms with Crippen molar-refractivity contribution in [3.63, 3.8) is 0 Å². The van der Waals surface area contributed by atoms with Crippen LogP contribution in [0, 0.1) is 0 Å². The molecule has 0 bridgehead atoms. The number of ether oxygens (including phenoxy) is 1. The standard InChI is InChI=1S/C20H17NO5/c1-2-6-17(23)26-11-16(22)21-15-10-5-9-14-18(15)20(25)13-8-4-3-7-12(13)19(14)24/h3-5,7-10H,2,6,11H2,1H3,(H,21,22). The van der Waals surface area contributed by atoms with Gasteiger partial charge in [-0.15, -0.1) is 0 Å². The molecule has 0 saturated carbocycles. The van der Waals surface area contributed by atoms with E-state index in [9.17, 15) is 19.2 Å². The summed E-state index contributed by atoms with van der Waals surface area (Å²) in [5, 5.41) is 2.56. The minimum absolute atomic E-state index is 0.157. The highest BCUT2D eigenvalue weighted by atomic mass is 16.5. The maximum Gasteiger partial charge on any atom is 0.306 e. The average molecular weight is 351 g/mol. The zero-order chi connectivity index (χ0) is 18.7. The quantitative estimate of drug-likeness (QED) is 0.714. The number of fused-ring (bicyclic) bond motifs is 2.